The van der Waals surface area contributed by atoms with Crippen molar-refractivity contribution in [1.82, 2.24) is 4.98 Å². The molecule has 1 aliphatic rings. The Morgan fingerprint density at radius 3 is 2.62 bits per heavy atom. The number of pyridine rings is 1. The summed E-state index contributed by atoms with van der Waals surface area (Å²) in [6, 6.07) is 4.74. The highest BCUT2D eigenvalue weighted by atomic mass is 15.0. The van der Waals surface area contributed by atoms with Gasteiger partial charge in [0.1, 0.15) is 5.82 Å². The normalized spacial score (nSPS) is 14.4. The molecule has 1 heterocycles. The summed E-state index contributed by atoms with van der Waals surface area (Å²) in [5.74, 6) is 1.05. The largest absolute Gasteiger partial charge is 0.367 e. The van der Waals surface area contributed by atoms with Crippen molar-refractivity contribution in [2.45, 2.75) is 39.7 Å². The van der Waals surface area contributed by atoms with E-state index in [9.17, 15) is 0 Å². The Morgan fingerprint density at radius 1 is 1.38 bits per heavy atom. The van der Waals surface area contributed by atoms with Crippen LogP contribution in [0.15, 0.2) is 18.3 Å². The first-order chi connectivity index (χ1) is 6.36. The van der Waals surface area contributed by atoms with Crippen LogP contribution in [0.1, 0.15) is 32.3 Å². The van der Waals surface area contributed by atoms with Gasteiger partial charge < -0.3 is 5.32 Å². The van der Waals surface area contributed by atoms with Crippen LogP contribution in [0.25, 0.3) is 0 Å². The summed E-state index contributed by atoms with van der Waals surface area (Å²) >= 11 is 0. The molecule has 1 N–H and O–H groups in total. The van der Waals surface area contributed by atoms with Gasteiger partial charge in [0, 0.05) is 12.2 Å². The van der Waals surface area contributed by atoms with E-state index >= 15 is 0 Å². The molecule has 0 bridgehead atoms. The average Bonchev–Trinajstić information content (AvgIpc) is 2.96. The first-order valence-corrected chi connectivity index (χ1v) is 5.04. The third-order valence-electron chi connectivity index (χ3n) is 1.93. The number of hydrogen-bond donors (Lipinski definition) is 1. The van der Waals surface area contributed by atoms with Gasteiger partial charge in [-0.15, -0.1) is 0 Å². The summed E-state index contributed by atoms with van der Waals surface area (Å²) in [7, 11) is 0. The molecule has 0 amide bonds. The highest BCUT2D eigenvalue weighted by molar-refractivity contribution is 5.44. The standard InChI is InChI=1S/C9H12N2.C2H6/c1-7-3-2-6-10-9(7)11-8-4-5-8;1-2/h2-3,6,8H,4-5H2,1H3,(H,10,11);1-2H3. The van der Waals surface area contributed by atoms with Crippen molar-refractivity contribution in [3.05, 3.63) is 23.9 Å². The lowest BCUT2D eigenvalue weighted by atomic mass is 10.3. The molecule has 2 nitrogen and oxygen atoms in total. The molecule has 2 heteroatoms. The van der Waals surface area contributed by atoms with Crippen molar-refractivity contribution in [3.63, 3.8) is 0 Å². The topological polar surface area (TPSA) is 24.9 Å². The second-order valence-corrected chi connectivity index (χ2v) is 3.09. The summed E-state index contributed by atoms with van der Waals surface area (Å²) in [5, 5.41) is 3.37. The first-order valence-electron chi connectivity index (χ1n) is 5.04. The Labute approximate surface area is 80.4 Å². The smallest absolute Gasteiger partial charge is 0.129 e. The van der Waals surface area contributed by atoms with Gasteiger partial charge in [0.25, 0.3) is 0 Å². The summed E-state index contributed by atoms with van der Waals surface area (Å²) in [6.45, 7) is 6.08. The second kappa shape index (κ2) is 4.85. The fraction of sp³-hybridized carbons (Fsp3) is 0.545. The molecule has 1 saturated carbocycles. The monoisotopic (exact) mass is 178 g/mol. The lowest BCUT2D eigenvalue weighted by Gasteiger charge is -2.04. The van der Waals surface area contributed by atoms with E-state index in [-0.39, 0.29) is 0 Å². The van der Waals surface area contributed by atoms with Crippen LogP contribution >= 0.6 is 0 Å². The van der Waals surface area contributed by atoms with E-state index in [0.29, 0.717) is 6.04 Å². The summed E-state index contributed by atoms with van der Waals surface area (Å²) in [6.07, 6.45) is 4.43. The predicted octanol–water partition coefficient (Wildman–Crippen LogP) is 2.99. The van der Waals surface area contributed by atoms with Gasteiger partial charge in [-0.2, -0.15) is 0 Å². The van der Waals surface area contributed by atoms with E-state index in [0.717, 1.165) is 5.82 Å². The molecule has 72 valence electrons. The molecular weight excluding hydrogens is 160 g/mol. The van der Waals surface area contributed by atoms with Crippen LogP contribution < -0.4 is 5.32 Å². The van der Waals surface area contributed by atoms with Gasteiger partial charge in [0.05, 0.1) is 0 Å². The van der Waals surface area contributed by atoms with E-state index in [1.165, 1.54) is 18.4 Å². The zero-order valence-electron chi connectivity index (χ0n) is 8.67. The van der Waals surface area contributed by atoms with E-state index < -0.39 is 0 Å². The van der Waals surface area contributed by atoms with Gasteiger partial charge in [-0.3, -0.25) is 0 Å². The van der Waals surface area contributed by atoms with Crippen molar-refractivity contribution in [2.75, 3.05) is 5.32 Å². The molecule has 1 aromatic rings. The van der Waals surface area contributed by atoms with Crippen molar-refractivity contribution >= 4 is 5.82 Å². The molecule has 2 rings (SSSR count). The Morgan fingerprint density at radius 2 is 2.08 bits per heavy atom. The molecule has 0 radical (unpaired) electrons. The van der Waals surface area contributed by atoms with Crippen LogP contribution in [-0.2, 0) is 0 Å². The van der Waals surface area contributed by atoms with Gasteiger partial charge in [-0.25, -0.2) is 4.98 Å². The van der Waals surface area contributed by atoms with Crippen LogP contribution in [0.4, 0.5) is 5.82 Å². The zero-order valence-corrected chi connectivity index (χ0v) is 8.67. The molecule has 13 heavy (non-hydrogen) atoms. The number of aryl methyl sites for hydroxylation is 1. The summed E-state index contributed by atoms with van der Waals surface area (Å²) in [5.41, 5.74) is 1.24. The Balaban J connectivity index is 0.000000396. The molecule has 0 unspecified atom stereocenters. The molecule has 0 aliphatic heterocycles. The van der Waals surface area contributed by atoms with E-state index in [4.69, 9.17) is 0 Å². The number of anilines is 1. The van der Waals surface area contributed by atoms with Crippen LogP contribution in [0.3, 0.4) is 0 Å². The van der Waals surface area contributed by atoms with Crippen molar-refractivity contribution in [2.24, 2.45) is 0 Å². The van der Waals surface area contributed by atoms with Gasteiger partial charge >= 0.3 is 0 Å². The fourth-order valence-electron chi connectivity index (χ4n) is 1.06. The highest BCUT2D eigenvalue weighted by Crippen LogP contribution is 2.24. The summed E-state index contributed by atoms with van der Waals surface area (Å²) < 4.78 is 0. The minimum Gasteiger partial charge on any atom is -0.367 e. The number of nitrogens with zero attached hydrogens (tertiary/aromatic N) is 1. The van der Waals surface area contributed by atoms with Crippen molar-refractivity contribution in [3.8, 4) is 0 Å². The zero-order chi connectivity index (χ0) is 9.68. The number of rotatable bonds is 2. The average molecular weight is 178 g/mol. The lowest BCUT2D eigenvalue weighted by molar-refractivity contribution is 1.10. The molecule has 0 aromatic carbocycles. The minimum absolute atomic E-state index is 0.698. The van der Waals surface area contributed by atoms with Gasteiger partial charge in [-0.05, 0) is 31.4 Å². The number of nitrogens with one attached hydrogen (secondary N) is 1. The van der Waals surface area contributed by atoms with E-state index in [1.54, 1.807) is 0 Å². The van der Waals surface area contributed by atoms with Gasteiger partial charge in [0.2, 0.25) is 0 Å². The quantitative estimate of drug-likeness (QED) is 0.753. The Kier molecular flexibility index (Phi) is 3.74. The molecule has 0 atom stereocenters. The second-order valence-electron chi connectivity index (χ2n) is 3.09. The predicted molar refractivity (Wildman–Crippen MR) is 57.0 cm³/mol. The molecule has 1 fully saturated rings. The fourth-order valence-corrected chi connectivity index (χ4v) is 1.06. The van der Waals surface area contributed by atoms with Crippen molar-refractivity contribution in [1.29, 1.82) is 0 Å². The van der Waals surface area contributed by atoms with Crippen LogP contribution in [0.5, 0.6) is 0 Å². The molecule has 1 aromatic heterocycles. The maximum Gasteiger partial charge on any atom is 0.129 e. The SMILES string of the molecule is CC.Cc1cccnc1NC1CC1. The third kappa shape index (κ3) is 3.05. The number of aromatic nitrogens is 1. The van der Waals surface area contributed by atoms with Crippen molar-refractivity contribution < 1.29 is 0 Å². The first kappa shape index (κ1) is 10.0. The van der Waals surface area contributed by atoms with E-state index in [1.807, 2.05) is 26.1 Å². The summed E-state index contributed by atoms with van der Waals surface area (Å²) in [4.78, 5) is 4.25. The lowest BCUT2D eigenvalue weighted by Crippen LogP contribution is -2.03. The molecule has 0 saturated heterocycles. The number of hydrogen-bond acceptors (Lipinski definition) is 2. The maximum atomic E-state index is 4.25. The Hall–Kier alpha value is -1.05. The molecular formula is C11H18N2. The van der Waals surface area contributed by atoms with Gasteiger partial charge in [-0.1, -0.05) is 19.9 Å². The maximum absolute atomic E-state index is 4.25. The minimum atomic E-state index is 0.698. The van der Waals surface area contributed by atoms with Crippen LogP contribution in [-0.4, -0.2) is 11.0 Å². The third-order valence-corrected chi connectivity index (χ3v) is 1.93. The molecule has 0 spiro atoms. The van der Waals surface area contributed by atoms with Crippen LogP contribution in [0, 0.1) is 6.92 Å². The molecule has 1 aliphatic carbocycles. The highest BCUT2D eigenvalue weighted by Gasteiger charge is 2.21. The Bertz CT molecular complexity index is 254. The van der Waals surface area contributed by atoms with E-state index in [2.05, 4.69) is 23.3 Å². The van der Waals surface area contributed by atoms with Crippen LogP contribution in [0.2, 0.25) is 0 Å². The van der Waals surface area contributed by atoms with Gasteiger partial charge in [0.15, 0.2) is 0 Å².